The highest BCUT2D eigenvalue weighted by molar-refractivity contribution is 5.34. The topological polar surface area (TPSA) is 51.8 Å². The van der Waals surface area contributed by atoms with Gasteiger partial charge in [-0.05, 0) is 18.9 Å². The molecule has 0 bridgehead atoms. The zero-order chi connectivity index (χ0) is 10.9. The van der Waals surface area contributed by atoms with Crippen LogP contribution in [-0.2, 0) is 11.8 Å². The van der Waals surface area contributed by atoms with Crippen LogP contribution in [0.15, 0.2) is 0 Å². The van der Waals surface area contributed by atoms with E-state index in [-0.39, 0.29) is 5.41 Å². The molecule has 14 heavy (non-hydrogen) atoms. The Morgan fingerprint density at radius 2 is 1.79 bits per heavy atom. The van der Waals surface area contributed by atoms with Gasteiger partial charge in [-0.25, -0.2) is 9.97 Å². The highest BCUT2D eigenvalue weighted by atomic mass is 15.0. The molecule has 1 rings (SSSR count). The monoisotopic (exact) mass is 193 g/mol. The molecule has 0 saturated heterocycles. The first-order valence-electron chi connectivity index (χ1n) is 4.99. The molecule has 0 aliphatic rings. The second-order valence-electron chi connectivity index (χ2n) is 4.61. The molecule has 0 radical (unpaired) electrons. The summed E-state index contributed by atoms with van der Waals surface area (Å²) in [5.74, 6) is 0.386. The van der Waals surface area contributed by atoms with Crippen molar-refractivity contribution in [2.45, 2.75) is 46.5 Å². The quantitative estimate of drug-likeness (QED) is 0.744. The van der Waals surface area contributed by atoms with E-state index in [0.29, 0.717) is 5.95 Å². The number of hydrogen-bond donors (Lipinski definition) is 1. The summed E-state index contributed by atoms with van der Waals surface area (Å²) in [7, 11) is 0. The van der Waals surface area contributed by atoms with Crippen molar-refractivity contribution in [3.63, 3.8) is 0 Å². The number of nitrogens with zero attached hydrogens (tertiary/aromatic N) is 2. The molecule has 0 unspecified atom stereocenters. The molecule has 0 aromatic carbocycles. The van der Waals surface area contributed by atoms with Crippen molar-refractivity contribution in [3.05, 3.63) is 17.0 Å². The Hall–Kier alpha value is -1.12. The molecule has 3 nitrogen and oxygen atoms in total. The van der Waals surface area contributed by atoms with E-state index in [4.69, 9.17) is 5.73 Å². The van der Waals surface area contributed by atoms with Crippen molar-refractivity contribution < 1.29 is 0 Å². The molecule has 0 aliphatic carbocycles. The van der Waals surface area contributed by atoms with Crippen molar-refractivity contribution >= 4 is 5.95 Å². The predicted octanol–water partition coefficient (Wildman–Crippen LogP) is 2.23. The summed E-state index contributed by atoms with van der Waals surface area (Å²) in [6.07, 6.45) is 0.904. The molecule has 1 aromatic rings. The molecule has 1 heterocycles. The van der Waals surface area contributed by atoms with E-state index < -0.39 is 0 Å². The van der Waals surface area contributed by atoms with Gasteiger partial charge < -0.3 is 5.73 Å². The Morgan fingerprint density at radius 1 is 1.21 bits per heavy atom. The largest absolute Gasteiger partial charge is 0.368 e. The van der Waals surface area contributed by atoms with Gasteiger partial charge in [0.05, 0.1) is 5.69 Å². The molecule has 3 heteroatoms. The Balaban J connectivity index is 3.37. The van der Waals surface area contributed by atoms with E-state index in [1.807, 2.05) is 0 Å². The first-order valence-corrected chi connectivity index (χ1v) is 4.99. The SMILES string of the molecule is CCc1nc(N)nc(C(C)(C)C)c1C. The Kier molecular flexibility index (Phi) is 2.79. The first kappa shape index (κ1) is 11.0. The summed E-state index contributed by atoms with van der Waals surface area (Å²) < 4.78 is 0. The molecule has 0 spiro atoms. The average molecular weight is 193 g/mol. The Labute approximate surface area is 85.8 Å². The molecule has 78 valence electrons. The number of nitrogen functional groups attached to an aromatic ring is 1. The van der Waals surface area contributed by atoms with Crippen LogP contribution in [0, 0.1) is 6.92 Å². The maximum atomic E-state index is 5.68. The van der Waals surface area contributed by atoms with Crippen LogP contribution in [0.25, 0.3) is 0 Å². The van der Waals surface area contributed by atoms with Gasteiger partial charge in [-0.2, -0.15) is 0 Å². The zero-order valence-electron chi connectivity index (χ0n) is 9.68. The van der Waals surface area contributed by atoms with Gasteiger partial charge >= 0.3 is 0 Å². The molecule has 0 aliphatic heterocycles. The molecular weight excluding hydrogens is 174 g/mol. The van der Waals surface area contributed by atoms with Crippen LogP contribution >= 0.6 is 0 Å². The lowest BCUT2D eigenvalue weighted by atomic mass is 9.88. The molecular formula is C11H19N3. The molecule has 0 fully saturated rings. The summed E-state index contributed by atoms with van der Waals surface area (Å²) in [4.78, 5) is 8.55. The normalized spacial score (nSPS) is 11.8. The molecule has 0 atom stereocenters. The van der Waals surface area contributed by atoms with E-state index >= 15 is 0 Å². The van der Waals surface area contributed by atoms with Gasteiger partial charge in [0, 0.05) is 11.1 Å². The average Bonchev–Trinajstić information content (AvgIpc) is 2.06. The van der Waals surface area contributed by atoms with Crippen LogP contribution in [0.5, 0.6) is 0 Å². The highest BCUT2D eigenvalue weighted by Crippen LogP contribution is 2.25. The number of rotatable bonds is 1. The van der Waals surface area contributed by atoms with Gasteiger partial charge in [0.25, 0.3) is 0 Å². The Bertz CT molecular complexity index is 337. The maximum Gasteiger partial charge on any atom is 0.220 e. The minimum atomic E-state index is 0.0328. The van der Waals surface area contributed by atoms with Gasteiger partial charge in [0.2, 0.25) is 5.95 Å². The van der Waals surface area contributed by atoms with Crippen LogP contribution in [0.4, 0.5) is 5.95 Å². The van der Waals surface area contributed by atoms with Crippen molar-refractivity contribution in [1.82, 2.24) is 9.97 Å². The summed E-state index contributed by atoms with van der Waals surface area (Å²) in [5.41, 5.74) is 9.00. The molecule has 0 amide bonds. The van der Waals surface area contributed by atoms with Crippen molar-refractivity contribution in [2.24, 2.45) is 0 Å². The minimum Gasteiger partial charge on any atom is -0.368 e. The predicted molar refractivity (Wildman–Crippen MR) is 59.3 cm³/mol. The van der Waals surface area contributed by atoms with Crippen molar-refractivity contribution in [3.8, 4) is 0 Å². The fraction of sp³-hybridized carbons (Fsp3) is 0.636. The van der Waals surface area contributed by atoms with E-state index in [9.17, 15) is 0 Å². The van der Waals surface area contributed by atoms with Crippen LogP contribution in [0.3, 0.4) is 0 Å². The standard InChI is InChI=1S/C11H19N3/c1-6-8-7(2)9(11(3,4)5)14-10(12)13-8/h6H2,1-5H3,(H2,12,13,14). The number of nitrogens with two attached hydrogens (primary N) is 1. The third-order valence-corrected chi connectivity index (χ3v) is 2.31. The lowest BCUT2D eigenvalue weighted by Gasteiger charge is -2.21. The second-order valence-corrected chi connectivity index (χ2v) is 4.61. The third kappa shape index (κ3) is 2.03. The zero-order valence-corrected chi connectivity index (χ0v) is 9.68. The van der Waals surface area contributed by atoms with Crippen LogP contribution in [0.1, 0.15) is 44.6 Å². The number of aryl methyl sites for hydroxylation is 1. The van der Waals surface area contributed by atoms with Crippen LogP contribution in [0.2, 0.25) is 0 Å². The van der Waals surface area contributed by atoms with Crippen LogP contribution in [-0.4, -0.2) is 9.97 Å². The number of aromatic nitrogens is 2. The lowest BCUT2D eigenvalue weighted by molar-refractivity contribution is 0.561. The summed E-state index contributed by atoms with van der Waals surface area (Å²) in [6.45, 7) is 10.6. The number of anilines is 1. The first-order chi connectivity index (χ1) is 6.36. The minimum absolute atomic E-state index is 0.0328. The van der Waals surface area contributed by atoms with Gasteiger partial charge in [-0.15, -0.1) is 0 Å². The highest BCUT2D eigenvalue weighted by Gasteiger charge is 2.20. The van der Waals surface area contributed by atoms with E-state index in [0.717, 1.165) is 17.8 Å². The van der Waals surface area contributed by atoms with E-state index in [1.54, 1.807) is 0 Å². The van der Waals surface area contributed by atoms with Gasteiger partial charge in [0.1, 0.15) is 0 Å². The molecule has 0 saturated carbocycles. The third-order valence-electron chi connectivity index (χ3n) is 2.31. The smallest absolute Gasteiger partial charge is 0.220 e. The van der Waals surface area contributed by atoms with Gasteiger partial charge in [0.15, 0.2) is 0 Å². The maximum absolute atomic E-state index is 5.68. The fourth-order valence-corrected chi connectivity index (χ4v) is 1.66. The van der Waals surface area contributed by atoms with Crippen molar-refractivity contribution in [1.29, 1.82) is 0 Å². The molecule has 1 aromatic heterocycles. The lowest BCUT2D eigenvalue weighted by Crippen LogP contribution is -2.19. The van der Waals surface area contributed by atoms with Gasteiger partial charge in [-0.1, -0.05) is 27.7 Å². The summed E-state index contributed by atoms with van der Waals surface area (Å²) in [5, 5.41) is 0. The van der Waals surface area contributed by atoms with Gasteiger partial charge in [-0.3, -0.25) is 0 Å². The van der Waals surface area contributed by atoms with E-state index in [2.05, 4.69) is 44.6 Å². The van der Waals surface area contributed by atoms with Crippen molar-refractivity contribution in [2.75, 3.05) is 5.73 Å². The van der Waals surface area contributed by atoms with E-state index in [1.165, 1.54) is 5.56 Å². The summed E-state index contributed by atoms with van der Waals surface area (Å²) >= 11 is 0. The Morgan fingerprint density at radius 3 is 2.21 bits per heavy atom. The fourth-order valence-electron chi connectivity index (χ4n) is 1.66. The summed E-state index contributed by atoms with van der Waals surface area (Å²) in [6, 6.07) is 0. The molecule has 2 N–H and O–H groups in total. The number of hydrogen-bond acceptors (Lipinski definition) is 3. The second kappa shape index (κ2) is 3.56. The van der Waals surface area contributed by atoms with Crippen LogP contribution < -0.4 is 5.73 Å².